The Labute approximate surface area is 133 Å². The van der Waals surface area contributed by atoms with E-state index in [1.54, 1.807) is 7.11 Å². The molecule has 0 aromatic heterocycles. The Bertz CT molecular complexity index is 517. The van der Waals surface area contributed by atoms with E-state index in [1.807, 2.05) is 52.8 Å². The number of nitrogens with two attached hydrogens (primary N) is 1. The minimum atomic E-state index is -0.493. The Morgan fingerprint density at radius 3 is 2.23 bits per heavy atom. The van der Waals surface area contributed by atoms with Gasteiger partial charge in [-0.15, -0.1) is 0 Å². The van der Waals surface area contributed by atoms with Crippen LogP contribution in [0.15, 0.2) is 18.2 Å². The second-order valence-electron chi connectivity index (χ2n) is 6.49. The van der Waals surface area contributed by atoms with Gasteiger partial charge >= 0.3 is 7.12 Å². The molecular formula is C16H26BNO4. The van der Waals surface area contributed by atoms with Crippen LogP contribution in [0.2, 0.25) is 0 Å². The van der Waals surface area contributed by atoms with Crippen LogP contribution in [0.25, 0.3) is 0 Å². The normalized spacial score (nSPS) is 20.8. The maximum absolute atomic E-state index is 6.35. The lowest BCUT2D eigenvalue weighted by Crippen LogP contribution is -2.41. The van der Waals surface area contributed by atoms with E-state index in [0.29, 0.717) is 18.1 Å². The minimum absolute atomic E-state index is 0.397. The van der Waals surface area contributed by atoms with Gasteiger partial charge in [0.05, 0.1) is 30.9 Å². The van der Waals surface area contributed by atoms with Gasteiger partial charge in [-0.25, -0.2) is 0 Å². The second-order valence-corrected chi connectivity index (χ2v) is 6.49. The molecule has 1 aromatic rings. The van der Waals surface area contributed by atoms with E-state index in [2.05, 4.69) is 0 Å². The van der Waals surface area contributed by atoms with Crippen molar-refractivity contribution in [3.63, 3.8) is 0 Å². The third-order valence-electron chi connectivity index (χ3n) is 4.44. The lowest BCUT2D eigenvalue weighted by atomic mass is 9.75. The van der Waals surface area contributed by atoms with Crippen LogP contribution in [0.1, 0.15) is 46.1 Å². The third kappa shape index (κ3) is 3.09. The van der Waals surface area contributed by atoms with E-state index in [-0.39, 0.29) is 0 Å². The van der Waals surface area contributed by atoms with Crippen molar-refractivity contribution in [2.75, 3.05) is 13.7 Å². The van der Waals surface area contributed by atoms with Crippen LogP contribution in [0.3, 0.4) is 0 Å². The van der Waals surface area contributed by atoms with Crippen molar-refractivity contribution >= 4 is 7.12 Å². The molecule has 1 fully saturated rings. The second kappa shape index (κ2) is 6.10. The molecule has 1 aliphatic rings. The molecule has 1 saturated heterocycles. The smallest absolute Gasteiger partial charge is 0.480 e. The molecule has 122 valence electrons. The first-order valence-electron chi connectivity index (χ1n) is 7.64. The highest BCUT2D eigenvalue weighted by molar-refractivity contribution is 6.47. The first-order chi connectivity index (χ1) is 10.2. The van der Waals surface area contributed by atoms with Gasteiger partial charge in [-0.1, -0.05) is 6.07 Å². The molecule has 1 atom stereocenters. The fourth-order valence-corrected chi connectivity index (χ4v) is 2.36. The fraction of sp³-hybridized carbons (Fsp3) is 0.625. The van der Waals surface area contributed by atoms with E-state index in [1.165, 1.54) is 0 Å². The average molecular weight is 307 g/mol. The summed E-state index contributed by atoms with van der Waals surface area (Å²) in [5.41, 5.74) is 6.45. The number of hydrogen-bond acceptors (Lipinski definition) is 5. The van der Waals surface area contributed by atoms with Gasteiger partial charge in [-0.05, 0) is 52.3 Å². The number of hydrogen-bond donors (Lipinski definition) is 1. The summed E-state index contributed by atoms with van der Waals surface area (Å²) >= 11 is 0. The monoisotopic (exact) mass is 307 g/mol. The summed E-state index contributed by atoms with van der Waals surface area (Å²) in [5, 5.41) is 0. The molecule has 6 heteroatoms. The summed E-state index contributed by atoms with van der Waals surface area (Å²) in [4.78, 5) is 0. The van der Waals surface area contributed by atoms with Gasteiger partial charge in [0.25, 0.3) is 0 Å². The van der Waals surface area contributed by atoms with Gasteiger partial charge < -0.3 is 24.5 Å². The van der Waals surface area contributed by atoms with Crippen LogP contribution in [-0.4, -0.2) is 32.0 Å². The summed E-state index contributed by atoms with van der Waals surface area (Å²) < 4.78 is 22.9. The average Bonchev–Trinajstić information content (AvgIpc) is 2.67. The lowest BCUT2D eigenvalue weighted by Gasteiger charge is -2.32. The van der Waals surface area contributed by atoms with E-state index in [4.69, 9.17) is 24.5 Å². The summed E-state index contributed by atoms with van der Waals surface area (Å²) in [6.07, 6.45) is 0. The molecule has 0 radical (unpaired) electrons. The highest BCUT2D eigenvalue weighted by Gasteiger charge is 2.53. The third-order valence-corrected chi connectivity index (χ3v) is 4.44. The molecular weight excluding hydrogens is 281 g/mol. The molecule has 1 aliphatic heterocycles. The van der Waals surface area contributed by atoms with Crippen molar-refractivity contribution in [1.82, 2.24) is 0 Å². The minimum Gasteiger partial charge on any atom is -0.493 e. The van der Waals surface area contributed by atoms with Gasteiger partial charge in [-0.2, -0.15) is 0 Å². The van der Waals surface area contributed by atoms with Gasteiger partial charge in [0.2, 0.25) is 0 Å². The van der Waals surface area contributed by atoms with Crippen LogP contribution >= 0.6 is 0 Å². The van der Waals surface area contributed by atoms with E-state index < -0.39 is 24.3 Å². The Kier molecular flexibility index (Phi) is 4.75. The number of ether oxygens (including phenoxy) is 2. The maximum Gasteiger partial charge on any atom is 0.480 e. The Morgan fingerprint density at radius 1 is 1.14 bits per heavy atom. The summed E-state index contributed by atoms with van der Waals surface area (Å²) in [7, 11) is 1.12. The van der Waals surface area contributed by atoms with Crippen molar-refractivity contribution in [1.29, 1.82) is 0 Å². The molecule has 22 heavy (non-hydrogen) atoms. The van der Waals surface area contributed by atoms with Crippen molar-refractivity contribution < 1.29 is 18.8 Å². The highest BCUT2D eigenvalue weighted by atomic mass is 16.7. The Balaban J connectivity index is 2.23. The number of methoxy groups -OCH3 is 1. The van der Waals surface area contributed by atoms with Gasteiger partial charge in [0, 0.05) is 0 Å². The zero-order valence-corrected chi connectivity index (χ0v) is 14.3. The predicted molar refractivity (Wildman–Crippen MR) is 87.2 cm³/mol. The lowest BCUT2D eigenvalue weighted by molar-refractivity contribution is 0.00578. The molecule has 0 bridgehead atoms. The van der Waals surface area contributed by atoms with Crippen molar-refractivity contribution in [2.45, 2.75) is 51.8 Å². The van der Waals surface area contributed by atoms with Crippen LogP contribution in [0.4, 0.5) is 0 Å². The van der Waals surface area contributed by atoms with Gasteiger partial charge in [0.1, 0.15) is 0 Å². The molecule has 0 spiro atoms. The fourth-order valence-electron chi connectivity index (χ4n) is 2.36. The highest BCUT2D eigenvalue weighted by Crippen LogP contribution is 2.40. The van der Waals surface area contributed by atoms with Crippen molar-refractivity contribution in [3.8, 4) is 11.5 Å². The predicted octanol–water partition coefficient (Wildman–Crippen LogP) is 2.73. The summed E-state index contributed by atoms with van der Waals surface area (Å²) in [5.74, 6) is 0.965. The SMILES string of the molecule is CCOc1cc([C@@H](N)B2OC(C)(C)C(C)(C)O2)ccc1OC. The number of benzene rings is 1. The molecule has 1 heterocycles. The van der Waals surface area contributed by atoms with Crippen molar-refractivity contribution in [2.24, 2.45) is 5.73 Å². The van der Waals surface area contributed by atoms with Crippen molar-refractivity contribution in [3.05, 3.63) is 23.8 Å². The van der Waals surface area contributed by atoms with Crippen LogP contribution in [0, 0.1) is 0 Å². The van der Waals surface area contributed by atoms with Crippen LogP contribution in [0.5, 0.6) is 11.5 Å². The molecule has 2 rings (SSSR count). The zero-order chi connectivity index (χ0) is 16.5. The first kappa shape index (κ1) is 17.1. The molecule has 0 amide bonds. The van der Waals surface area contributed by atoms with E-state index in [9.17, 15) is 0 Å². The Morgan fingerprint density at radius 2 is 1.73 bits per heavy atom. The molecule has 2 N–H and O–H groups in total. The molecule has 0 saturated carbocycles. The molecule has 1 aromatic carbocycles. The van der Waals surface area contributed by atoms with E-state index >= 15 is 0 Å². The van der Waals surface area contributed by atoms with Gasteiger partial charge in [0.15, 0.2) is 11.5 Å². The first-order valence-corrected chi connectivity index (χ1v) is 7.64. The zero-order valence-electron chi connectivity index (χ0n) is 14.3. The van der Waals surface area contributed by atoms with Crippen LogP contribution in [-0.2, 0) is 9.31 Å². The number of rotatable bonds is 5. The topological polar surface area (TPSA) is 62.9 Å². The Hall–Kier alpha value is -1.24. The van der Waals surface area contributed by atoms with Crippen LogP contribution < -0.4 is 15.2 Å². The summed E-state index contributed by atoms with van der Waals surface area (Å²) in [6.45, 7) is 10.5. The molecule has 0 aliphatic carbocycles. The van der Waals surface area contributed by atoms with E-state index in [0.717, 1.165) is 5.56 Å². The molecule has 0 unspecified atom stereocenters. The summed E-state index contributed by atoms with van der Waals surface area (Å²) in [6, 6.07) is 5.65. The quantitative estimate of drug-likeness (QED) is 0.847. The standard InChI is InChI=1S/C16H26BNO4/c1-7-20-13-10-11(8-9-12(13)19-6)14(18)17-21-15(2,3)16(4,5)22-17/h8-10,14H,7,18H2,1-6H3/t14-/m1/s1. The maximum atomic E-state index is 6.35. The molecule has 5 nitrogen and oxygen atoms in total. The largest absolute Gasteiger partial charge is 0.493 e. The van der Waals surface area contributed by atoms with Gasteiger partial charge in [-0.3, -0.25) is 0 Å².